The summed E-state index contributed by atoms with van der Waals surface area (Å²) in [5.74, 6) is 0.199. The molecule has 0 saturated carbocycles. The second-order valence-electron chi connectivity index (χ2n) is 9.39. The molecule has 0 fully saturated rings. The van der Waals surface area contributed by atoms with E-state index in [2.05, 4.69) is 64.8 Å². The van der Waals surface area contributed by atoms with Gasteiger partial charge in [-0.15, -0.1) is 0 Å². The summed E-state index contributed by atoms with van der Waals surface area (Å²) in [6, 6.07) is 24.2. The maximum Gasteiger partial charge on any atom is 0.337 e. The standard InChI is InChI=1S/C30H31N5O2/c1-20-16-21(2)35(19-23-9-7-11-25(18-23)29(36)37-3)33-28(20)24-10-6-8-22(17-24)14-15-34-27-13-5-4-12-26(27)32-30(34)31/h4-13,16-18,21H,14-15,19H2,1-3H3,(H2,31,32). The predicted octanol–water partition coefficient (Wildman–Crippen LogP) is 5.20. The number of allylic oxidation sites excluding steroid dienone is 1. The number of nitrogens with two attached hydrogens (primary N) is 1. The quantitative estimate of drug-likeness (QED) is 0.358. The molecular formula is C30H31N5O2. The molecule has 188 valence electrons. The van der Waals surface area contributed by atoms with Crippen molar-refractivity contribution in [2.75, 3.05) is 12.8 Å². The number of ether oxygens (including phenoxy) is 1. The first-order valence-corrected chi connectivity index (χ1v) is 12.4. The Hall–Kier alpha value is -4.39. The Bertz CT molecular complexity index is 1520. The highest BCUT2D eigenvalue weighted by molar-refractivity contribution is 6.12. The highest BCUT2D eigenvalue weighted by atomic mass is 16.5. The summed E-state index contributed by atoms with van der Waals surface area (Å²) in [6.07, 6.45) is 3.06. The van der Waals surface area contributed by atoms with Crippen molar-refractivity contribution in [1.82, 2.24) is 14.6 Å². The number of hydrogen-bond donors (Lipinski definition) is 1. The number of methoxy groups -OCH3 is 1. The second kappa shape index (κ2) is 10.3. The van der Waals surface area contributed by atoms with Crippen molar-refractivity contribution in [2.45, 2.75) is 39.4 Å². The fourth-order valence-electron chi connectivity index (χ4n) is 4.84. The number of aromatic nitrogens is 2. The van der Waals surface area contributed by atoms with Crippen molar-refractivity contribution in [2.24, 2.45) is 5.10 Å². The zero-order chi connectivity index (χ0) is 25.9. The molecule has 1 aromatic heterocycles. The molecule has 4 aromatic rings. The van der Waals surface area contributed by atoms with E-state index in [0.29, 0.717) is 18.1 Å². The minimum atomic E-state index is -0.337. The van der Waals surface area contributed by atoms with Crippen molar-refractivity contribution >= 4 is 28.7 Å². The van der Waals surface area contributed by atoms with Crippen LogP contribution >= 0.6 is 0 Å². The number of carbonyl (C=O) groups is 1. The molecule has 1 atom stereocenters. The molecule has 0 bridgehead atoms. The summed E-state index contributed by atoms with van der Waals surface area (Å²) in [6.45, 7) is 5.57. The molecule has 1 aliphatic rings. The Labute approximate surface area is 216 Å². The van der Waals surface area contributed by atoms with Gasteiger partial charge in [-0.2, -0.15) is 5.10 Å². The van der Waals surface area contributed by atoms with Crippen LogP contribution < -0.4 is 5.73 Å². The van der Waals surface area contributed by atoms with Gasteiger partial charge in [-0.3, -0.25) is 5.01 Å². The molecule has 0 saturated heterocycles. The maximum atomic E-state index is 12.0. The number of anilines is 1. The summed E-state index contributed by atoms with van der Waals surface area (Å²) in [5, 5.41) is 7.10. The number of rotatable bonds is 7. The average Bonchev–Trinajstić information content (AvgIpc) is 3.23. The third-order valence-corrected chi connectivity index (χ3v) is 6.76. The highest BCUT2D eigenvalue weighted by Crippen LogP contribution is 2.23. The normalized spacial score (nSPS) is 15.4. The van der Waals surface area contributed by atoms with Crippen molar-refractivity contribution in [3.8, 4) is 0 Å². The Morgan fingerprint density at radius 2 is 1.81 bits per heavy atom. The van der Waals surface area contributed by atoms with Gasteiger partial charge in [0.25, 0.3) is 0 Å². The topological polar surface area (TPSA) is 85.7 Å². The van der Waals surface area contributed by atoms with Gasteiger partial charge in [0.05, 0.1) is 42.0 Å². The Kier molecular flexibility index (Phi) is 6.77. The minimum Gasteiger partial charge on any atom is -0.465 e. The van der Waals surface area contributed by atoms with E-state index in [1.165, 1.54) is 12.7 Å². The van der Waals surface area contributed by atoms with E-state index in [9.17, 15) is 4.79 Å². The number of imidazole rings is 1. The number of benzene rings is 3. The molecule has 7 nitrogen and oxygen atoms in total. The van der Waals surface area contributed by atoms with Gasteiger partial charge in [0.1, 0.15) is 0 Å². The molecule has 3 aromatic carbocycles. The monoisotopic (exact) mass is 493 g/mol. The first-order chi connectivity index (χ1) is 17.9. The average molecular weight is 494 g/mol. The lowest BCUT2D eigenvalue weighted by atomic mass is 9.97. The van der Waals surface area contributed by atoms with Gasteiger partial charge in [-0.05, 0) is 67.3 Å². The summed E-state index contributed by atoms with van der Waals surface area (Å²) in [7, 11) is 1.40. The summed E-state index contributed by atoms with van der Waals surface area (Å²) in [5.41, 5.74) is 14.1. The minimum absolute atomic E-state index is 0.131. The molecule has 0 amide bonds. The van der Waals surface area contributed by atoms with Crippen molar-refractivity contribution in [1.29, 1.82) is 0 Å². The van der Waals surface area contributed by atoms with E-state index < -0.39 is 0 Å². The highest BCUT2D eigenvalue weighted by Gasteiger charge is 2.20. The van der Waals surface area contributed by atoms with Gasteiger partial charge in [0, 0.05) is 12.1 Å². The van der Waals surface area contributed by atoms with E-state index >= 15 is 0 Å². The first-order valence-electron chi connectivity index (χ1n) is 12.4. The number of hydrazone groups is 1. The van der Waals surface area contributed by atoms with Crippen LogP contribution in [0.4, 0.5) is 5.95 Å². The zero-order valence-electron chi connectivity index (χ0n) is 21.4. The third kappa shape index (κ3) is 5.11. The number of nitrogen functional groups attached to an aromatic ring is 1. The lowest BCUT2D eigenvalue weighted by Crippen LogP contribution is -2.32. The second-order valence-corrected chi connectivity index (χ2v) is 9.39. The van der Waals surface area contributed by atoms with Gasteiger partial charge in [-0.25, -0.2) is 9.78 Å². The van der Waals surface area contributed by atoms with E-state index in [4.69, 9.17) is 15.6 Å². The molecule has 7 heteroatoms. The molecular weight excluding hydrogens is 462 g/mol. The molecule has 2 N–H and O–H groups in total. The van der Waals surface area contributed by atoms with Crippen molar-refractivity contribution in [3.63, 3.8) is 0 Å². The molecule has 0 aliphatic carbocycles. The molecule has 2 heterocycles. The van der Waals surface area contributed by atoms with Gasteiger partial charge >= 0.3 is 5.97 Å². The Morgan fingerprint density at radius 3 is 2.65 bits per heavy atom. The van der Waals surface area contributed by atoms with E-state index in [0.717, 1.165) is 46.4 Å². The summed E-state index contributed by atoms with van der Waals surface area (Å²) in [4.78, 5) is 16.4. The lowest BCUT2D eigenvalue weighted by Gasteiger charge is -2.30. The van der Waals surface area contributed by atoms with Crippen LogP contribution in [-0.4, -0.2) is 39.4 Å². The zero-order valence-corrected chi connectivity index (χ0v) is 21.4. The number of aryl methyl sites for hydroxylation is 2. The fourth-order valence-corrected chi connectivity index (χ4v) is 4.84. The molecule has 5 rings (SSSR count). The first kappa shape index (κ1) is 24.3. The van der Waals surface area contributed by atoms with Crippen molar-refractivity contribution in [3.05, 3.63) is 107 Å². The third-order valence-electron chi connectivity index (χ3n) is 6.76. The van der Waals surface area contributed by atoms with Crippen LogP contribution in [0.2, 0.25) is 0 Å². The van der Waals surface area contributed by atoms with Crippen LogP contribution in [0.5, 0.6) is 0 Å². The fraction of sp³-hybridized carbons (Fsp3) is 0.233. The maximum absolute atomic E-state index is 12.0. The van der Waals surface area contributed by atoms with Gasteiger partial charge in [-0.1, -0.05) is 48.5 Å². The predicted molar refractivity (Wildman–Crippen MR) is 147 cm³/mol. The molecule has 1 aliphatic heterocycles. The Morgan fingerprint density at radius 1 is 1.03 bits per heavy atom. The largest absolute Gasteiger partial charge is 0.465 e. The van der Waals surface area contributed by atoms with Crippen LogP contribution in [0.3, 0.4) is 0 Å². The molecule has 1 unspecified atom stereocenters. The van der Waals surface area contributed by atoms with Crippen LogP contribution in [-0.2, 0) is 24.2 Å². The number of esters is 1. The number of hydrogen-bond acceptors (Lipinski definition) is 6. The molecule has 37 heavy (non-hydrogen) atoms. The lowest BCUT2D eigenvalue weighted by molar-refractivity contribution is 0.0600. The van der Waals surface area contributed by atoms with Crippen LogP contribution in [0.25, 0.3) is 11.0 Å². The van der Waals surface area contributed by atoms with Crippen molar-refractivity contribution < 1.29 is 9.53 Å². The SMILES string of the molecule is COC(=O)c1cccc(CN2N=C(c3cccc(CCn4c(N)nc5ccccc54)c3)C(C)=CC2C)c1. The number of nitrogens with zero attached hydrogens (tertiary/aromatic N) is 4. The van der Waals surface area contributed by atoms with Gasteiger partial charge in [0.15, 0.2) is 0 Å². The molecule has 0 spiro atoms. The van der Waals surface area contributed by atoms with Crippen LogP contribution in [0.15, 0.2) is 89.5 Å². The smallest absolute Gasteiger partial charge is 0.337 e. The van der Waals surface area contributed by atoms with Gasteiger partial charge in [0.2, 0.25) is 5.95 Å². The van der Waals surface area contributed by atoms with Gasteiger partial charge < -0.3 is 15.0 Å². The number of para-hydroxylation sites is 2. The number of fused-ring (bicyclic) bond motifs is 1. The number of carbonyl (C=O) groups excluding carboxylic acids is 1. The molecule has 0 radical (unpaired) electrons. The van der Waals surface area contributed by atoms with E-state index in [1.807, 2.05) is 36.4 Å². The Balaban J connectivity index is 1.36. The van der Waals surface area contributed by atoms with E-state index in [1.54, 1.807) is 6.07 Å². The summed E-state index contributed by atoms with van der Waals surface area (Å²) >= 11 is 0. The van der Waals surface area contributed by atoms with Crippen LogP contribution in [0, 0.1) is 0 Å². The van der Waals surface area contributed by atoms with Crippen LogP contribution in [0.1, 0.15) is 40.9 Å². The van der Waals surface area contributed by atoms with E-state index in [-0.39, 0.29) is 12.0 Å². The summed E-state index contributed by atoms with van der Waals surface area (Å²) < 4.78 is 6.94.